The van der Waals surface area contributed by atoms with Crippen LogP contribution in [0.5, 0.6) is 6.01 Å². The average Bonchev–Trinajstić information content (AvgIpc) is 2.82. The molecule has 0 bridgehead atoms. The number of aryl methyl sites for hydroxylation is 1. The van der Waals surface area contributed by atoms with Crippen molar-refractivity contribution in [1.29, 1.82) is 0 Å². The number of anilines is 3. The number of hydrazone groups is 1. The zero-order valence-corrected chi connectivity index (χ0v) is 19.7. The third kappa shape index (κ3) is 7.45. The molecule has 2 aromatic heterocycles. The molecule has 0 radical (unpaired) electrons. The first kappa shape index (κ1) is 24.0. The summed E-state index contributed by atoms with van der Waals surface area (Å²) in [5, 5.41) is 4.35. The van der Waals surface area contributed by atoms with Gasteiger partial charge in [-0.25, -0.2) is 0 Å². The first-order valence-corrected chi connectivity index (χ1v) is 11.4. The molecule has 1 aromatic carbocycles. The maximum Gasteiger partial charge on any atom is 0.318 e. The molecular formula is C25H33N7O. The molecule has 0 saturated carbocycles. The fraction of sp³-hybridized carbons (Fsp3) is 0.360. The summed E-state index contributed by atoms with van der Waals surface area (Å²) in [5.74, 6) is 0.832. The maximum atomic E-state index is 6.03. The van der Waals surface area contributed by atoms with Crippen molar-refractivity contribution in [3.8, 4) is 6.01 Å². The second kappa shape index (κ2) is 12.4. The highest BCUT2D eigenvalue weighted by Gasteiger charge is 2.11. The van der Waals surface area contributed by atoms with Crippen molar-refractivity contribution in [1.82, 2.24) is 15.0 Å². The number of nitrogen functional groups attached to an aromatic ring is 1. The van der Waals surface area contributed by atoms with Crippen molar-refractivity contribution >= 4 is 23.4 Å². The Balaban J connectivity index is 1.78. The number of aromatic nitrogens is 3. The van der Waals surface area contributed by atoms with E-state index in [-0.39, 0.29) is 0 Å². The monoisotopic (exact) mass is 447 g/mol. The predicted octanol–water partition coefficient (Wildman–Crippen LogP) is 4.46. The highest BCUT2D eigenvalue weighted by molar-refractivity contribution is 5.80. The maximum absolute atomic E-state index is 6.03. The van der Waals surface area contributed by atoms with Crippen LogP contribution in [0.15, 0.2) is 53.8 Å². The third-order valence-corrected chi connectivity index (χ3v) is 4.93. The van der Waals surface area contributed by atoms with Gasteiger partial charge in [-0.1, -0.05) is 26.0 Å². The Labute approximate surface area is 195 Å². The van der Waals surface area contributed by atoms with Gasteiger partial charge in [0.1, 0.15) is 5.82 Å². The number of nitrogens with one attached hydrogen (secondary N) is 1. The molecule has 0 atom stereocenters. The molecule has 2 heterocycles. The van der Waals surface area contributed by atoms with Crippen LogP contribution in [-0.2, 0) is 6.42 Å². The van der Waals surface area contributed by atoms with Gasteiger partial charge in [0.2, 0.25) is 0 Å². The summed E-state index contributed by atoms with van der Waals surface area (Å²) in [7, 11) is 0. The lowest BCUT2D eigenvalue weighted by molar-refractivity contribution is 0.295. The lowest BCUT2D eigenvalue weighted by Crippen LogP contribution is -2.26. The SMILES string of the molecule is CCCN(CCC)c1cc(/C=N/Nc2cc(C)ccc2N)nc(OCCc2ccccn2)n1. The van der Waals surface area contributed by atoms with E-state index in [0.717, 1.165) is 48.7 Å². The normalized spacial score (nSPS) is 11.0. The van der Waals surface area contributed by atoms with Crippen LogP contribution < -0.4 is 20.8 Å². The number of hydrogen-bond acceptors (Lipinski definition) is 8. The third-order valence-electron chi connectivity index (χ3n) is 4.93. The van der Waals surface area contributed by atoms with E-state index in [1.54, 1.807) is 12.4 Å². The van der Waals surface area contributed by atoms with Crippen molar-refractivity contribution in [2.45, 2.75) is 40.0 Å². The topological polar surface area (TPSA) is 102 Å². The summed E-state index contributed by atoms with van der Waals surface area (Å²) in [6.45, 7) is 8.59. The minimum Gasteiger partial charge on any atom is -0.463 e. The van der Waals surface area contributed by atoms with E-state index in [4.69, 9.17) is 10.5 Å². The van der Waals surface area contributed by atoms with Crippen LogP contribution in [0, 0.1) is 6.92 Å². The van der Waals surface area contributed by atoms with Gasteiger partial charge in [-0.2, -0.15) is 15.1 Å². The molecule has 8 nitrogen and oxygen atoms in total. The molecule has 33 heavy (non-hydrogen) atoms. The predicted molar refractivity (Wildman–Crippen MR) is 135 cm³/mol. The van der Waals surface area contributed by atoms with Crippen LogP contribution in [0.2, 0.25) is 0 Å². The zero-order valence-electron chi connectivity index (χ0n) is 19.7. The second-order valence-corrected chi connectivity index (χ2v) is 7.80. The number of ether oxygens (including phenoxy) is 1. The number of hydrogen-bond donors (Lipinski definition) is 2. The lowest BCUT2D eigenvalue weighted by atomic mass is 10.2. The van der Waals surface area contributed by atoms with Crippen molar-refractivity contribution < 1.29 is 4.74 Å². The molecule has 174 valence electrons. The largest absolute Gasteiger partial charge is 0.463 e. The summed E-state index contributed by atoms with van der Waals surface area (Å²) < 4.78 is 5.91. The molecule has 0 spiro atoms. The Bertz CT molecular complexity index is 1030. The summed E-state index contributed by atoms with van der Waals surface area (Å²) in [4.78, 5) is 15.8. The number of rotatable bonds is 12. The molecule has 0 aliphatic rings. The number of nitrogens with zero attached hydrogens (tertiary/aromatic N) is 5. The molecule has 3 aromatic rings. The summed E-state index contributed by atoms with van der Waals surface area (Å²) >= 11 is 0. The van der Waals surface area contributed by atoms with Crippen molar-refractivity contribution in [3.05, 3.63) is 65.6 Å². The zero-order chi connectivity index (χ0) is 23.5. The van der Waals surface area contributed by atoms with E-state index < -0.39 is 0 Å². The van der Waals surface area contributed by atoms with Gasteiger partial charge in [0, 0.05) is 37.5 Å². The van der Waals surface area contributed by atoms with E-state index in [9.17, 15) is 0 Å². The molecule has 3 rings (SSSR count). The van der Waals surface area contributed by atoms with Crippen LogP contribution in [0.4, 0.5) is 17.2 Å². The molecule has 3 N–H and O–H groups in total. The quantitative estimate of drug-likeness (QED) is 0.240. The van der Waals surface area contributed by atoms with Gasteiger partial charge in [-0.3, -0.25) is 10.4 Å². The fourth-order valence-corrected chi connectivity index (χ4v) is 3.33. The molecule has 0 amide bonds. The molecule has 0 aliphatic heterocycles. The van der Waals surface area contributed by atoms with E-state index in [0.29, 0.717) is 30.4 Å². The molecular weight excluding hydrogens is 414 g/mol. The molecule has 0 unspecified atom stereocenters. The minimum atomic E-state index is 0.331. The Morgan fingerprint density at radius 3 is 2.64 bits per heavy atom. The standard InChI is InChI=1S/C25H33N7O/c1-4-13-32(14-5-2)24-17-21(18-28-31-23-16-19(3)9-10-22(23)26)29-25(30-24)33-15-11-20-8-6-7-12-27-20/h6-10,12,16-18,31H,4-5,11,13-15,26H2,1-3H3/b28-18+. The molecule has 0 fully saturated rings. The highest BCUT2D eigenvalue weighted by Crippen LogP contribution is 2.20. The summed E-state index contributed by atoms with van der Waals surface area (Å²) in [6.07, 6.45) is 6.17. The van der Waals surface area contributed by atoms with E-state index >= 15 is 0 Å². The summed E-state index contributed by atoms with van der Waals surface area (Å²) in [6, 6.07) is 13.9. The molecule has 0 saturated heterocycles. The summed E-state index contributed by atoms with van der Waals surface area (Å²) in [5.41, 5.74) is 13.2. The molecule has 0 aliphatic carbocycles. The van der Waals surface area contributed by atoms with Crippen molar-refractivity contribution in [3.63, 3.8) is 0 Å². The number of benzene rings is 1. The van der Waals surface area contributed by atoms with E-state index in [2.05, 4.69) is 44.2 Å². The van der Waals surface area contributed by atoms with Crippen LogP contribution in [0.3, 0.4) is 0 Å². The smallest absolute Gasteiger partial charge is 0.318 e. The second-order valence-electron chi connectivity index (χ2n) is 7.80. The minimum absolute atomic E-state index is 0.331. The van der Waals surface area contributed by atoms with Crippen LogP contribution in [0.1, 0.15) is 43.6 Å². The lowest BCUT2D eigenvalue weighted by Gasteiger charge is -2.23. The van der Waals surface area contributed by atoms with E-state index in [1.807, 2.05) is 49.4 Å². The van der Waals surface area contributed by atoms with Crippen molar-refractivity contribution in [2.75, 3.05) is 35.8 Å². The van der Waals surface area contributed by atoms with Gasteiger partial charge in [0.05, 0.1) is 29.9 Å². The van der Waals surface area contributed by atoms with Gasteiger partial charge in [-0.05, 0) is 49.6 Å². The van der Waals surface area contributed by atoms with Gasteiger partial charge >= 0.3 is 6.01 Å². The van der Waals surface area contributed by atoms with Gasteiger partial charge in [-0.15, -0.1) is 0 Å². The van der Waals surface area contributed by atoms with E-state index in [1.165, 1.54) is 0 Å². The first-order chi connectivity index (χ1) is 16.1. The van der Waals surface area contributed by atoms with Gasteiger partial charge in [0.25, 0.3) is 0 Å². The average molecular weight is 448 g/mol. The van der Waals surface area contributed by atoms with Crippen LogP contribution in [0.25, 0.3) is 0 Å². The Kier molecular flexibility index (Phi) is 8.99. The van der Waals surface area contributed by atoms with Crippen LogP contribution >= 0.6 is 0 Å². The van der Waals surface area contributed by atoms with Gasteiger partial charge < -0.3 is 15.4 Å². The van der Waals surface area contributed by atoms with Gasteiger partial charge in [0.15, 0.2) is 0 Å². The number of nitrogens with two attached hydrogens (primary N) is 1. The number of pyridine rings is 1. The highest BCUT2D eigenvalue weighted by atomic mass is 16.5. The van der Waals surface area contributed by atoms with Crippen molar-refractivity contribution in [2.24, 2.45) is 5.10 Å². The Morgan fingerprint density at radius 1 is 1.09 bits per heavy atom. The Hall–Kier alpha value is -3.68. The molecule has 8 heteroatoms. The fourth-order valence-electron chi connectivity index (χ4n) is 3.33. The van der Waals surface area contributed by atoms with Crippen LogP contribution in [-0.4, -0.2) is 40.9 Å². The Morgan fingerprint density at radius 2 is 1.91 bits per heavy atom. The first-order valence-electron chi connectivity index (χ1n) is 11.4.